The van der Waals surface area contributed by atoms with Gasteiger partial charge in [-0.2, -0.15) is 0 Å². The van der Waals surface area contributed by atoms with Crippen molar-refractivity contribution in [2.75, 3.05) is 78.5 Å². The van der Waals surface area contributed by atoms with E-state index >= 15 is 0 Å². The van der Waals surface area contributed by atoms with E-state index in [9.17, 15) is 9.59 Å². The average Bonchev–Trinajstić information content (AvgIpc) is 2.77. The number of hydrogen-bond donors (Lipinski definition) is 9. The number of carbonyl (C=O) groups is 2. The van der Waals surface area contributed by atoms with Crippen molar-refractivity contribution >= 4 is 11.9 Å². The Hall–Kier alpha value is -1.34. The molecule has 2 bridgehead atoms. The van der Waals surface area contributed by atoms with Crippen LogP contribution in [0.4, 0.5) is 0 Å². The fourth-order valence-corrected chi connectivity index (χ4v) is 4.86. The number of carboxylic acid groups (broad SMARTS) is 1. The first-order valence-corrected chi connectivity index (χ1v) is 13.7. The fourth-order valence-electron chi connectivity index (χ4n) is 4.86. The van der Waals surface area contributed by atoms with Gasteiger partial charge in [0.15, 0.2) is 0 Å². The highest BCUT2D eigenvalue weighted by Gasteiger charge is 2.32. The molecule has 10 N–H and O–H groups in total. The molecule has 0 aromatic carbocycles. The number of rotatable bonds is 5. The minimum absolute atomic E-state index is 0.00119. The van der Waals surface area contributed by atoms with Gasteiger partial charge in [0.25, 0.3) is 0 Å². The Morgan fingerprint density at radius 1 is 0.722 bits per heavy atom. The lowest BCUT2D eigenvalue weighted by molar-refractivity contribution is -0.137. The van der Waals surface area contributed by atoms with Crippen molar-refractivity contribution < 1.29 is 14.7 Å². The molecule has 3 aliphatic heterocycles. The van der Waals surface area contributed by atoms with Gasteiger partial charge in [-0.25, -0.2) is 0 Å². The molecule has 3 unspecified atom stereocenters. The highest BCUT2D eigenvalue weighted by molar-refractivity contribution is 5.77. The van der Waals surface area contributed by atoms with Gasteiger partial charge in [-0.05, 0) is 63.4 Å². The first-order chi connectivity index (χ1) is 17.1. The Labute approximate surface area is 217 Å². The lowest BCUT2D eigenvalue weighted by Gasteiger charge is -2.38. The van der Waals surface area contributed by atoms with Gasteiger partial charge in [-0.3, -0.25) is 9.59 Å². The minimum atomic E-state index is -0.875. The molecule has 0 saturated carbocycles. The number of carbonyl (C=O) groups excluding carboxylic acids is 1. The van der Waals surface area contributed by atoms with Crippen molar-refractivity contribution in [3.63, 3.8) is 0 Å². The summed E-state index contributed by atoms with van der Waals surface area (Å²) in [6, 6.07) is 0. The SMILES string of the molecule is CC1CNCC2(N)CNCC(C)CNCC(NC(=O)CCCC(=O)O)(CNC1)CNCC(C)CNC2. The molecule has 3 heterocycles. The number of aliphatic carboxylic acids is 1. The van der Waals surface area contributed by atoms with Crippen molar-refractivity contribution in [1.82, 2.24) is 37.2 Å². The Kier molecular flexibility index (Phi) is 13.6. The van der Waals surface area contributed by atoms with E-state index < -0.39 is 11.5 Å². The standard InChI is InChI=1S/C25H52N8O3/c1-19-7-27-13-24(26)14-28-8-20(2)11-31-17-25(16-30-10-19,18-32-12-21(3)9-29-15-24)33-22(34)5-4-6-23(35)36/h19-21,27-32H,4-18,26H2,1-3H3,(H,33,34)(H,35,36). The molecular formula is C25H52N8O3. The molecule has 3 fully saturated rings. The summed E-state index contributed by atoms with van der Waals surface area (Å²) in [4.78, 5) is 23.8. The van der Waals surface area contributed by atoms with Crippen molar-refractivity contribution in [2.45, 2.75) is 51.1 Å². The van der Waals surface area contributed by atoms with E-state index in [1.54, 1.807) is 0 Å². The van der Waals surface area contributed by atoms with Crippen molar-refractivity contribution in [3.8, 4) is 0 Å². The van der Waals surface area contributed by atoms with E-state index in [2.05, 4.69) is 58.0 Å². The number of nitrogens with two attached hydrogens (primary N) is 1. The van der Waals surface area contributed by atoms with E-state index in [1.165, 1.54) is 0 Å². The maximum absolute atomic E-state index is 12.9. The monoisotopic (exact) mass is 512 g/mol. The van der Waals surface area contributed by atoms with Crippen molar-refractivity contribution in [2.24, 2.45) is 23.5 Å². The first kappa shape index (κ1) is 30.9. The van der Waals surface area contributed by atoms with Crippen LogP contribution >= 0.6 is 0 Å². The zero-order valence-electron chi connectivity index (χ0n) is 22.7. The van der Waals surface area contributed by atoms with Crippen LogP contribution < -0.4 is 43.0 Å². The molecule has 0 radical (unpaired) electrons. The van der Waals surface area contributed by atoms with Crippen LogP contribution in [0.2, 0.25) is 0 Å². The lowest BCUT2D eigenvalue weighted by atomic mass is 9.96. The van der Waals surface area contributed by atoms with Crippen LogP contribution in [0.25, 0.3) is 0 Å². The molecule has 0 aromatic rings. The molecule has 3 atom stereocenters. The fraction of sp³-hybridized carbons (Fsp3) is 0.920. The second-order valence-corrected chi connectivity index (χ2v) is 11.5. The summed E-state index contributed by atoms with van der Waals surface area (Å²) in [5.41, 5.74) is 5.92. The van der Waals surface area contributed by atoms with Gasteiger partial charge in [0.05, 0.1) is 11.1 Å². The number of amides is 1. The normalized spacial score (nSPS) is 34.4. The highest BCUT2D eigenvalue weighted by atomic mass is 16.4. The minimum Gasteiger partial charge on any atom is -0.481 e. The van der Waals surface area contributed by atoms with E-state index in [4.69, 9.17) is 10.8 Å². The average molecular weight is 513 g/mol. The van der Waals surface area contributed by atoms with Gasteiger partial charge >= 0.3 is 5.97 Å². The van der Waals surface area contributed by atoms with Crippen LogP contribution in [-0.2, 0) is 9.59 Å². The third kappa shape index (κ3) is 12.3. The van der Waals surface area contributed by atoms with Crippen LogP contribution in [0.3, 0.4) is 0 Å². The molecule has 3 saturated heterocycles. The van der Waals surface area contributed by atoms with Gasteiger partial charge in [0.2, 0.25) is 5.91 Å². The van der Waals surface area contributed by atoms with Crippen molar-refractivity contribution in [3.05, 3.63) is 0 Å². The number of nitrogens with one attached hydrogen (secondary N) is 7. The van der Waals surface area contributed by atoms with Gasteiger partial charge < -0.3 is 48.1 Å². The lowest BCUT2D eigenvalue weighted by Crippen LogP contribution is -2.66. The summed E-state index contributed by atoms with van der Waals surface area (Å²) >= 11 is 0. The Bertz CT molecular complexity index is 607. The van der Waals surface area contributed by atoms with E-state index in [0.29, 0.717) is 43.8 Å². The summed E-state index contributed by atoms with van der Waals surface area (Å²) in [6.45, 7) is 15.6. The third-order valence-electron chi connectivity index (χ3n) is 6.98. The number of fused-ring (bicyclic) bond motifs is 18. The summed E-state index contributed by atoms with van der Waals surface area (Å²) in [7, 11) is 0. The summed E-state index contributed by atoms with van der Waals surface area (Å²) in [5, 5.41) is 33.8. The topological polar surface area (TPSA) is 165 Å². The summed E-state index contributed by atoms with van der Waals surface area (Å²) in [5.74, 6) is 0.187. The van der Waals surface area contributed by atoms with Crippen LogP contribution in [-0.4, -0.2) is 107 Å². The largest absolute Gasteiger partial charge is 0.481 e. The van der Waals surface area contributed by atoms with Crippen LogP contribution in [0.15, 0.2) is 0 Å². The number of hydrogen-bond acceptors (Lipinski definition) is 9. The zero-order valence-corrected chi connectivity index (χ0v) is 22.7. The molecule has 1 amide bonds. The Balaban J connectivity index is 2.23. The molecule has 0 aliphatic carbocycles. The van der Waals surface area contributed by atoms with Crippen molar-refractivity contribution in [1.29, 1.82) is 0 Å². The molecule has 210 valence electrons. The molecule has 36 heavy (non-hydrogen) atoms. The van der Waals surface area contributed by atoms with Gasteiger partial charge in [0.1, 0.15) is 0 Å². The third-order valence-corrected chi connectivity index (χ3v) is 6.98. The van der Waals surface area contributed by atoms with Gasteiger partial charge in [-0.15, -0.1) is 0 Å². The van der Waals surface area contributed by atoms with Crippen LogP contribution in [0, 0.1) is 17.8 Å². The maximum atomic E-state index is 12.9. The summed E-state index contributed by atoms with van der Waals surface area (Å²) in [6.07, 6.45) is 0.539. The van der Waals surface area contributed by atoms with Crippen LogP contribution in [0.5, 0.6) is 0 Å². The zero-order chi connectivity index (χ0) is 26.4. The smallest absolute Gasteiger partial charge is 0.303 e. The first-order valence-electron chi connectivity index (χ1n) is 13.7. The number of carboxylic acids is 1. The summed E-state index contributed by atoms with van der Waals surface area (Å²) < 4.78 is 0. The van der Waals surface area contributed by atoms with Crippen LogP contribution in [0.1, 0.15) is 40.0 Å². The highest BCUT2D eigenvalue weighted by Crippen LogP contribution is 2.08. The predicted octanol–water partition coefficient (Wildman–Crippen LogP) is -1.73. The predicted molar refractivity (Wildman–Crippen MR) is 144 cm³/mol. The molecule has 3 rings (SSSR count). The molecule has 3 aliphatic rings. The molecule has 11 heteroatoms. The molecule has 0 spiro atoms. The van der Waals surface area contributed by atoms with E-state index in [1.807, 2.05) is 0 Å². The van der Waals surface area contributed by atoms with Gasteiger partial charge in [-0.1, -0.05) is 20.8 Å². The second-order valence-electron chi connectivity index (χ2n) is 11.5. The Morgan fingerprint density at radius 3 is 1.44 bits per heavy atom. The second kappa shape index (κ2) is 15.8. The maximum Gasteiger partial charge on any atom is 0.303 e. The van der Waals surface area contributed by atoms with Gasteiger partial charge in [0, 0.05) is 52.1 Å². The quantitative estimate of drug-likeness (QED) is 0.207. The Morgan fingerprint density at radius 2 is 1.08 bits per heavy atom. The molecular weight excluding hydrogens is 460 g/mol. The molecule has 0 aromatic heterocycles. The van der Waals surface area contributed by atoms with E-state index in [0.717, 1.165) is 58.9 Å². The van der Waals surface area contributed by atoms with E-state index in [-0.39, 0.29) is 24.3 Å². The molecule has 11 nitrogen and oxygen atoms in total.